The van der Waals surface area contributed by atoms with E-state index in [4.69, 9.17) is 9.84 Å². The van der Waals surface area contributed by atoms with Gasteiger partial charge in [0.1, 0.15) is 0 Å². The fourth-order valence-electron chi connectivity index (χ4n) is 2.54. The van der Waals surface area contributed by atoms with Gasteiger partial charge in [-0.15, -0.1) is 0 Å². The van der Waals surface area contributed by atoms with E-state index >= 15 is 0 Å². The average Bonchev–Trinajstić information content (AvgIpc) is 2.40. The molecular formula is C13H26N2O3. The molecule has 0 spiro atoms. The normalized spacial score (nSPS) is 20.4. The lowest BCUT2D eigenvalue weighted by Gasteiger charge is -2.36. The molecule has 0 bridgehead atoms. The lowest BCUT2D eigenvalue weighted by Crippen LogP contribution is -2.51. The summed E-state index contributed by atoms with van der Waals surface area (Å²) >= 11 is 0. The monoisotopic (exact) mass is 258 g/mol. The molecule has 0 saturated carbocycles. The molecular weight excluding hydrogens is 232 g/mol. The van der Waals surface area contributed by atoms with Crippen molar-refractivity contribution in [3.05, 3.63) is 0 Å². The summed E-state index contributed by atoms with van der Waals surface area (Å²) in [5.74, 6) is 0.113. The molecule has 1 fully saturated rings. The largest absolute Gasteiger partial charge is 0.396 e. The third kappa shape index (κ3) is 3.93. The Morgan fingerprint density at radius 3 is 2.67 bits per heavy atom. The number of carbonyl (C=O) groups excluding carboxylic acids is 1. The van der Waals surface area contributed by atoms with Crippen molar-refractivity contribution >= 4 is 5.91 Å². The number of piperidine rings is 1. The van der Waals surface area contributed by atoms with E-state index in [2.05, 4.69) is 17.6 Å². The first-order chi connectivity index (χ1) is 8.68. The summed E-state index contributed by atoms with van der Waals surface area (Å²) in [7, 11) is 1.61. The molecule has 106 valence electrons. The van der Waals surface area contributed by atoms with Crippen LogP contribution in [0.2, 0.25) is 0 Å². The highest BCUT2D eigenvalue weighted by molar-refractivity contribution is 5.83. The first kappa shape index (κ1) is 15.4. The van der Waals surface area contributed by atoms with Crippen molar-refractivity contribution in [2.24, 2.45) is 5.41 Å². The molecule has 1 rings (SSSR count). The zero-order chi connectivity index (χ0) is 13.4. The molecule has 0 aromatic heterocycles. The van der Waals surface area contributed by atoms with Crippen LogP contribution >= 0.6 is 0 Å². The minimum atomic E-state index is -0.243. The van der Waals surface area contributed by atoms with Crippen molar-refractivity contribution in [1.82, 2.24) is 10.6 Å². The fraction of sp³-hybridized carbons (Fsp3) is 0.923. The van der Waals surface area contributed by atoms with Gasteiger partial charge in [-0.25, -0.2) is 0 Å². The van der Waals surface area contributed by atoms with Crippen molar-refractivity contribution < 1.29 is 14.6 Å². The second-order valence-electron chi connectivity index (χ2n) is 5.02. The number of amides is 1. The highest BCUT2D eigenvalue weighted by Crippen LogP contribution is 2.32. The van der Waals surface area contributed by atoms with Gasteiger partial charge in [-0.1, -0.05) is 6.92 Å². The topological polar surface area (TPSA) is 70.6 Å². The van der Waals surface area contributed by atoms with E-state index in [0.29, 0.717) is 13.0 Å². The Bertz CT molecular complexity index is 247. The molecule has 1 unspecified atom stereocenters. The maximum atomic E-state index is 12.4. The molecule has 1 atom stereocenters. The highest BCUT2D eigenvalue weighted by atomic mass is 16.5. The predicted molar refractivity (Wildman–Crippen MR) is 70.3 cm³/mol. The summed E-state index contributed by atoms with van der Waals surface area (Å²) in [5.41, 5.74) is -0.243. The third-order valence-electron chi connectivity index (χ3n) is 3.90. The summed E-state index contributed by atoms with van der Waals surface area (Å²) in [4.78, 5) is 12.4. The number of carbonyl (C=O) groups is 1. The maximum Gasteiger partial charge on any atom is 0.226 e. The molecule has 1 heterocycles. The van der Waals surface area contributed by atoms with Crippen molar-refractivity contribution in [2.45, 2.75) is 38.6 Å². The molecule has 0 aromatic rings. The molecule has 18 heavy (non-hydrogen) atoms. The Hall–Kier alpha value is -0.650. The molecule has 1 aliphatic heterocycles. The van der Waals surface area contributed by atoms with Crippen LogP contribution in [0.4, 0.5) is 0 Å². The second kappa shape index (κ2) is 7.71. The zero-order valence-corrected chi connectivity index (χ0v) is 11.5. The summed E-state index contributed by atoms with van der Waals surface area (Å²) in [6.07, 6.45) is 3.17. The van der Waals surface area contributed by atoms with Gasteiger partial charge in [0.2, 0.25) is 5.91 Å². The van der Waals surface area contributed by atoms with Crippen LogP contribution in [0.5, 0.6) is 0 Å². The number of hydrogen-bond acceptors (Lipinski definition) is 4. The molecule has 5 nitrogen and oxygen atoms in total. The van der Waals surface area contributed by atoms with Gasteiger partial charge in [-0.2, -0.15) is 0 Å². The molecule has 3 N–H and O–H groups in total. The van der Waals surface area contributed by atoms with Crippen LogP contribution in [0, 0.1) is 5.41 Å². The Morgan fingerprint density at radius 2 is 2.17 bits per heavy atom. The van der Waals surface area contributed by atoms with Crippen molar-refractivity contribution in [1.29, 1.82) is 0 Å². The van der Waals surface area contributed by atoms with Crippen molar-refractivity contribution in [2.75, 3.05) is 33.4 Å². The standard InChI is InChI=1S/C13H26N2O3/c1-3-13(5-7-14-8-6-13)12(17)15-11(4-9-16)10-18-2/h11,14,16H,3-10H2,1-2H3,(H,15,17). The molecule has 1 saturated heterocycles. The van der Waals surface area contributed by atoms with Crippen LogP contribution in [0.1, 0.15) is 32.6 Å². The summed E-state index contributed by atoms with van der Waals surface area (Å²) in [6, 6.07) is -0.0918. The van der Waals surface area contributed by atoms with Crippen LogP contribution < -0.4 is 10.6 Å². The first-order valence-corrected chi connectivity index (χ1v) is 6.80. The van der Waals surface area contributed by atoms with E-state index in [0.717, 1.165) is 32.4 Å². The first-order valence-electron chi connectivity index (χ1n) is 6.80. The molecule has 0 aliphatic carbocycles. The zero-order valence-electron chi connectivity index (χ0n) is 11.5. The number of rotatable bonds is 7. The minimum Gasteiger partial charge on any atom is -0.396 e. The number of methoxy groups -OCH3 is 1. The Morgan fingerprint density at radius 1 is 1.50 bits per heavy atom. The van der Waals surface area contributed by atoms with E-state index in [1.807, 2.05) is 0 Å². The van der Waals surface area contributed by atoms with Crippen LogP contribution in [-0.4, -0.2) is 50.5 Å². The molecule has 0 radical (unpaired) electrons. The average molecular weight is 258 g/mol. The van der Waals surface area contributed by atoms with Gasteiger partial charge in [0.15, 0.2) is 0 Å². The highest BCUT2D eigenvalue weighted by Gasteiger charge is 2.38. The van der Waals surface area contributed by atoms with Gasteiger partial charge in [-0.3, -0.25) is 4.79 Å². The van der Waals surface area contributed by atoms with Crippen LogP contribution in [0.15, 0.2) is 0 Å². The predicted octanol–water partition coefficient (Wildman–Crippen LogP) is 0.280. The third-order valence-corrected chi connectivity index (χ3v) is 3.90. The summed E-state index contributed by atoms with van der Waals surface area (Å²) < 4.78 is 5.07. The fourth-order valence-corrected chi connectivity index (χ4v) is 2.54. The second-order valence-corrected chi connectivity index (χ2v) is 5.02. The van der Waals surface area contributed by atoms with Crippen molar-refractivity contribution in [3.63, 3.8) is 0 Å². The van der Waals surface area contributed by atoms with E-state index in [1.165, 1.54) is 0 Å². The molecule has 5 heteroatoms. The SMILES string of the molecule is CCC1(C(=O)NC(CCO)COC)CCNCC1. The molecule has 1 aliphatic rings. The smallest absolute Gasteiger partial charge is 0.226 e. The lowest BCUT2D eigenvalue weighted by atomic mass is 9.75. The van der Waals surface area contributed by atoms with Crippen molar-refractivity contribution in [3.8, 4) is 0 Å². The van der Waals surface area contributed by atoms with Gasteiger partial charge in [0, 0.05) is 13.7 Å². The van der Waals surface area contributed by atoms with Crippen LogP contribution in [0.3, 0.4) is 0 Å². The Balaban J connectivity index is 2.59. The summed E-state index contributed by atoms with van der Waals surface area (Å²) in [6.45, 7) is 4.38. The summed E-state index contributed by atoms with van der Waals surface area (Å²) in [5, 5.41) is 15.3. The minimum absolute atomic E-state index is 0.0645. The number of nitrogens with one attached hydrogen (secondary N) is 2. The van der Waals surface area contributed by atoms with E-state index in [1.54, 1.807) is 7.11 Å². The van der Waals surface area contributed by atoms with E-state index in [-0.39, 0.29) is 24.0 Å². The quantitative estimate of drug-likeness (QED) is 0.613. The van der Waals surface area contributed by atoms with Gasteiger partial charge >= 0.3 is 0 Å². The van der Waals surface area contributed by atoms with Crippen LogP contribution in [0.25, 0.3) is 0 Å². The van der Waals surface area contributed by atoms with E-state index < -0.39 is 0 Å². The number of ether oxygens (including phenoxy) is 1. The van der Waals surface area contributed by atoms with Gasteiger partial charge in [0.25, 0.3) is 0 Å². The number of aliphatic hydroxyl groups is 1. The van der Waals surface area contributed by atoms with E-state index in [9.17, 15) is 4.79 Å². The van der Waals surface area contributed by atoms with Gasteiger partial charge in [0.05, 0.1) is 18.1 Å². The van der Waals surface area contributed by atoms with Gasteiger partial charge in [-0.05, 0) is 38.8 Å². The lowest BCUT2D eigenvalue weighted by molar-refractivity contribution is -0.134. The number of aliphatic hydroxyl groups excluding tert-OH is 1. The van der Waals surface area contributed by atoms with Crippen LogP contribution in [-0.2, 0) is 9.53 Å². The van der Waals surface area contributed by atoms with Gasteiger partial charge < -0.3 is 20.5 Å². The Kier molecular flexibility index (Phi) is 6.60. The molecule has 0 aromatic carbocycles. The maximum absolute atomic E-state index is 12.4. The number of hydrogen-bond donors (Lipinski definition) is 3. The molecule has 1 amide bonds. The Labute approximate surface area is 109 Å².